The van der Waals surface area contributed by atoms with Gasteiger partial charge in [-0.05, 0) is 25.3 Å². The lowest BCUT2D eigenvalue weighted by Gasteiger charge is -2.19. The van der Waals surface area contributed by atoms with E-state index in [2.05, 4.69) is 4.74 Å². The zero-order chi connectivity index (χ0) is 16.2. The third-order valence-electron chi connectivity index (χ3n) is 3.37. The maximum atomic E-state index is 12.1. The molecule has 21 heavy (non-hydrogen) atoms. The molecule has 0 spiro atoms. The van der Waals surface area contributed by atoms with Gasteiger partial charge in [-0.15, -0.1) is 11.3 Å². The van der Waals surface area contributed by atoms with Crippen molar-refractivity contribution in [3.05, 3.63) is 22.4 Å². The average molecular weight is 333 g/mol. The minimum Gasteiger partial charge on any atom is -0.469 e. The number of nitrogens with one attached hydrogen (secondary N) is 1. The van der Waals surface area contributed by atoms with Gasteiger partial charge in [-0.2, -0.15) is 0 Å². The summed E-state index contributed by atoms with van der Waals surface area (Å²) in [5, 5.41) is 0.750. The van der Waals surface area contributed by atoms with Gasteiger partial charge in [0.2, 0.25) is 15.9 Å². The number of carbonyl (C=O) groups is 2. The predicted octanol–water partition coefficient (Wildman–Crippen LogP) is 1.50. The van der Waals surface area contributed by atoms with Gasteiger partial charge in [0.05, 0.1) is 24.2 Å². The summed E-state index contributed by atoms with van der Waals surface area (Å²) < 4.78 is 30.8. The van der Waals surface area contributed by atoms with Crippen molar-refractivity contribution in [2.45, 2.75) is 31.9 Å². The Balaban J connectivity index is 2.80. The van der Waals surface area contributed by atoms with Crippen molar-refractivity contribution < 1.29 is 22.7 Å². The van der Waals surface area contributed by atoms with Crippen LogP contribution in [0.1, 0.15) is 31.6 Å². The van der Waals surface area contributed by atoms with Crippen LogP contribution in [0, 0.1) is 5.92 Å². The van der Waals surface area contributed by atoms with Gasteiger partial charge in [-0.1, -0.05) is 13.0 Å². The van der Waals surface area contributed by atoms with Crippen molar-refractivity contribution in [1.82, 2.24) is 4.72 Å². The number of thiophene rings is 1. The second-order valence-corrected chi connectivity index (χ2v) is 7.78. The van der Waals surface area contributed by atoms with Crippen molar-refractivity contribution in [3.8, 4) is 0 Å². The smallest absolute Gasteiger partial charge is 0.309 e. The third-order valence-corrected chi connectivity index (χ3v) is 6.30. The normalized spacial score (nSPS) is 15.8. The molecule has 0 bridgehead atoms. The first-order valence-corrected chi connectivity index (χ1v) is 8.80. The first-order chi connectivity index (χ1) is 9.70. The predicted molar refractivity (Wildman–Crippen MR) is 80.4 cm³/mol. The largest absolute Gasteiger partial charge is 0.469 e. The van der Waals surface area contributed by atoms with Crippen LogP contribution in [0.4, 0.5) is 0 Å². The second kappa shape index (κ2) is 7.04. The first-order valence-electron chi connectivity index (χ1n) is 6.37. The molecule has 1 heterocycles. The fraction of sp³-hybridized carbons (Fsp3) is 0.538. The topological polar surface area (TPSA) is 89.5 Å². The minimum atomic E-state index is -3.95. The molecule has 118 valence electrons. The highest BCUT2D eigenvalue weighted by Gasteiger charge is 2.34. The summed E-state index contributed by atoms with van der Waals surface area (Å²) in [7, 11) is -2.76. The lowest BCUT2D eigenvalue weighted by atomic mass is 10.1. The Morgan fingerprint density at radius 3 is 2.38 bits per heavy atom. The molecule has 1 amide bonds. The van der Waals surface area contributed by atoms with Gasteiger partial charge in [0.25, 0.3) is 0 Å². The van der Waals surface area contributed by atoms with Crippen molar-refractivity contribution in [3.63, 3.8) is 0 Å². The van der Waals surface area contributed by atoms with Gasteiger partial charge in [0, 0.05) is 4.88 Å². The highest BCUT2D eigenvalue weighted by molar-refractivity contribution is 7.90. The number of hydrogen-bond donors (Lipinski definition) is 1. The van der Waals surface area contributed by atoms with Crippen molar-refractivity contribution >= 4 is 33.2 Å². The van der Waals surface area contributed by atoms with E-state index in [1.54, 1.807) is 19.1 Å². The van der Waals surface area contributed by atoms with E-state index in [1.807, 2.05) is 10.1 Å². The number of carbonyl (C=O) groups excluding carboxylic acids is 2. The molecule has 0 saturated carbocycles. The Hall–Kier alpha value is -1.41. The monoisotopic (exact) mass is 333 g/mol. The summed E-state index contributed by atoms with van der Waals surface area (Å²) in [5.41, 5.74) is 0. The van der Waals surface area contributed by atoms with E-state index >= 15 is 0 Å². The van der Waals surface area contributed by atoms with E-state index in [0.717, 1.165) is 4.88 Å². The summed E-state index contributed by atoms with van der Waals surface area (Å²) in [5.74, 6) is -2.68. The molecule has 0 fully saturated rings. The second-order valence-electron chi connectivity index (χ2n) is 4.77. The minimum absolute atomic E-state index is 0.569. The first kappa shape index (κ1) is 17.6. The zero-order valence-electron chi connectivity index (χ0n) is 12.3. The molecule has 0 unspecified atom stereocenters. The van der Waals surface area contributed by atoms with E-state index in [1.165, 1.54) is 32.3 Å². The zero-order valence-corrected chi connectivity index (χ0v) is 14.0. The number of sulfonamides is 1. The highest BCUT2D eigenvalue weighted by atomic mass is 32.2. The molecule has 8 heteroatoms. The number of methoxy groups -OCH3 is 1. The van der Waals surface area contributed by atoms with Gasteiger partial charge in [-0.25, -0.2) is 8.42 Å². The molecular weight excluding hydrogens is 314 g/mol. The van der Waals surface area contributed by atoms with Gasteiger partial charge >= 0.3 is 5.97 Å². The maximum absolute atomic E-state index is 12.1. The number of rotatable bonds is 6. The molecule has 0 aromatic carbocycles. The van der Waals surface area contributed by atoms with Crippen LogP contribution in [0.15, 0.2) is 17.5 Å². The number of esters is 1. The van der Waals surface area contributed by atoms with Crippen LogP contribution < -0.4 is 4.72 Å². The van der Waals surface area contributed by atoms with Gasteiger partial charge in [0.1, 0.15) is 0 Å². The van der Waals surface area contributed by atoms with Gasteiger partial charge < -0.3 is 4.74 Å². The summed E-state index contributed by atoms with van der Waals surface area (Å²) in [6.07, 6.45) is 0. The molecule has 1 N–H and O–H groups in total. The molecule has 0 saturated heterocycles. The van der Waals surface area contributed by atoms with E-state index in [9.17, 15) is 18.0 Å². The summed E-state index contributed by atoms with van der Waals surface area (Å²) >= 11 is 1.38. The van der Waals surface area contributed by atoms with E-state index in [0.29, 0.717) is 0 Å². The SMILES string of the molecule is COC(=O)[C@H](C)[C@@H](C)S(=O)(=O)NC(=O)[C@H](C)c1cccs1. The Kier molecular flexibility index (Phi) is 5.91. The van der Waals surface area contributed by atoms with Crippen LogP contribution in [0.2, 0.25) is 0 Å². The maximum Gasteiger partial charge on any atom is 0.309 e. The van der Waals surface area contributed by atoms with Crippen molar-refractivity contribution in [2.24, 2.45) is 5.92 Å². The molecule has 0 aliphatic rings. The molecule has 0 radical (unpaired) electrons. The molecular formula is C13H19NO5S2. The standard InChI is InChI=1S/C13H19NO5S2/c1-8(13(16)19-4)10(3)21(17,18)14-12(15)9(2)11-6-5-7-20-11/h5-10H,1-4H3,(H,14,15)/t8-,9-,10-/m1/s1. The molecule has 1 rings (SSSR count). The van der Waals surface area contributed by atoms with Crippen molar-refractivity contribution in [2.75, 3.05) is 7.11 Å². The van der Waals surface area contributed by atoms with Crippen LogP contribution >= 0.6 is 11.3 Å². The van der Waals surface area contributed by atoms with Crippen LogP contribution in [0.25, 0.3) is 0 Å². The van der Waals surface area contributed by atoms with Crippen LogP contribution in [0.5, 0.6) is 0 Å². The molecule has 0 aliphatic heterocycles. The average Bonchev–Trinajstić information content (AvgIpc) is 2.97. The lowest BCUT2D eigenvalue weighted by molar-refractivity contribution is -0.144. The fourth-order valence-electron chi connectivity index (χ4n) is 1.63. The number of hydrogen-bond acceptors (Lipinski definition) is 6. The molecule has 1 aromatic heterocycles. The lowest BCUT2D eigenvalue weighted by Crippen LogP contribution is -2.43. The molecule has 1 aromatic rings. The van der Waals surface area contributed by atoms with Gasteiger partial charge in [0.15, 0.2) is 0 Å². The highest BCUT2D eigenvalue weighted by Crippen LogP contribution is 2.21. The molecule has 3 atom stereocenters. The van der Waals surface area contributed by atoms with E-state index < -0.39 is 39.0 Å². The number of ether oxygens (including phenoxy) is 1. The Labute approximate surface area is 128 Å². The van der Waals surface area contributed by atoms with E-state index in [-0.39, 0.29) is 0 Å². The summed E-state index contributed by atoms with van der Waals surface area (Å²) in [6.45, 7) is 4.45. The Morgan fingerprint density at radius 1 is 1.29 bits per heavy atom. The van der Waals surface area contributed by atoms with E-state index in [4.69, 9.17) is 0 Å². The number of amides is 1. The van der Waals surface area contributed by atoms with Crippen molar-refractivity contribution in [1.29, 1.82) is 0 Å². The van der Waals surface area contributed by atoms with Crippen LogP contribution in [-0.4, -0.2) is 32.7 Å². The fourth-order valence-corrected chi connectivity index (χ4v) is 3.71. The van der Waals surface area contributed by atoms with Crippen LogP contribution in [-0.2, 0) is 24.3 Å². The van der Waals surface area contributed by atoms with Crippen LogP contribution in [0.3, 0.4) is 0 Å². The molecule has 6 nitrogen and oxygen atoms in total. The summed E-state index contributed by atoms with van der Waals surface area (Å²) in [6, 6.07) is 3.56. The van der Waals surface area contributed by atoms with Gasteiger partial charge in [-0.3, -0.25) is 14.3 Å². The Morgan fingerprint density at radius 2 is 1.90 bits per heavy atom. The third kappa shape index (κ3) is 4.28. The summed E-state index contributed by atoms with van der Waals surface area (Å²) in [4.78, 5) is 24.2. The Bertz CT molecular complexity index is 594. The quantitative estimate of drug-likeness (QED) is 0.797. The molecule has 0 aliphatic carbocycles.